The van der Waals surface area contributed by atoms with Gasteiger partial charge in [-0.05, 0) is 25.7 Å². The number of amides is 2. The Morgan fingerprint density at radius 2 is 1.90 bits per heavy atom. The number of aliphatic hydroxyl groups is 1. The number of carbonyl (C=O) groups is 2. The summed E-state index contributed by atoms with van der Waals surface area (Å²) in [5, 5.41) is 14.2. The lowest BCUT2D eigenvalue weighted by Crippen LogP contribution is -2.42. The summed E-state index contributed by atoms with van der Waals surface area (Å²) in [6.07, 6.45) is 2.75. The first-order valence-electron chi connectivity index (χ1n) is 10.4. The Morgan fingerprint density at radius 3 is 2.52 bits per heavy atom. The molecule has 2 saturated heterocycles. The summed E-state index contributed by atoms with van der Waals surface area (Å²) in [6, 6.07) is 1.92. The van der Waals surface area contributed by atoms with Gasteiger partial charge in [0.15, 0.2) is 5.16 Å². The van der Waals surface area contributed by atoms with E-state index in [1.54, 1.807) is 17.9 Å². The van der Waals surface area contributed by atoms with E-state index < -0.39 is 6.10 Å². The SMILES string of the molecule is CC(=O)N1CCC(Nc2cc(C(=O)N3CCCC(O)C3)nc(SC(C)C)n2)CC1. The van der Waals surface area contributed by atoms with Gasteiger partial charge in [0.2, 0.25) is 5.91 Å². The normalized spacial score (nSPS) is 20.8. The van der Waals surface area contributed by atoms with E-state index in [1.807, 2.05) is 4.90 Å². The Hall–Kier alpha value is -1.87. The fourth-order valence-electron chi connectivity index (χ4n) is 3.72. The van der Waals surface area contributed by atoms with Crippen LogP contribution in [0, 0.1) is 0 Å². The predicted molar refractivity (Wildman–Crippen MR) is 113 cm³/mol. The number of nitrogens with zero attached hydrogens (tertiary/aromatic N) is 4. The summed E-state index contributed by atoms with van der Waals surface area (Å²) in [5.41, 5.74) is 0.362. The highest BCUT2D eigenvalue weighted by molar-refractivity contribution is 7.99. The van der Waals surface area contributed by atoms with Gasteiger partial charge in [-0.25, -0.2) is 9.97 Å². The van der Waals surface area contributed by atoms with E-state index in [9.17, 15) is 14.7 Å². The molecule has 160 valence electrons. The summed E-state index contributed by atoms with van der Waals surface area (Å²) >= 11 is 1.52. The van der Waals surface area contributed by atoms with Crippen LogP contribution >= 0.6 is 11.8 Å². The number of thioether (sulfide) groups is 1. The van der Waals surface area contributed by atoms with Crippen molar-refractivity contribution in [3.05, 3.63) is 11.8 Å². The molecular weight excluding hydrogens is 390 g/mol. The molecule has 2 aliphatic rings. The summed E-state index contributed by atoms with van der Waals surface area (Å²) < 4.78 is 0. The molecule has 1 aromatic heterocycles. The number of β-amino-alcohol motifs (C(OH)–C–C–N with tert-alkyl or cyclic N) is 1. The second-order valence-corrected chi connectivity index (χ2v) is 9.60. The van der Waals surface area contributed by atoms with Gasteiger partial charge in [0.25, 0.3) is 5.91 Å². The van der Waals surface area contributed by atoms with E-state index in [2.05, 4.69) is 29.1 Å². The topological polar surface area (TPSA) is 98.7 Å². The fraction of sp³-hybridized carbons (Fsp3) is 0.700. The molecule has 3 rings (SSSR count). The van der Waals surface area contributed by atoms with Crippen LogP contribution in [0.1, 0.15) is 56.9 Å². The predicted octanol–water partition coefficient (Wildman–Crippen LogP) is 2.00. The summed E-state index contributed by atoms with van der Waals surface area (Å²) in [4.78, 5) is 37.1. The van der Waals surface area contributed by atoms with Crippen LogP contribution in [0.5, 0.6) is 0 Å². The molecule has 2 fully saturated rings. The zero-order valence-corrected chi connectivity index (χ0v) is 18.2. The molecule has 2 aliphatic heterocycles. The molecule has 1 atom stereocenters. The van der Waals surface area contributed by atoms with Gasteiger partial charge in [-0.1, -0.05) is 25.6 Å². The van der Waals surface area contributed by atoms with Crippen molar-refractivity contribution in [3.63, 3.8) is 0 Å². The molecule has 0 radical (unpaired) electrons. The Kier molecular flexibility index (Phi) is 7.34. The second kappa shape index (κ2) is 9.75. The molecule has 8 nitrogen and oxygen atoms in total. The van der Waals surface area contributed by atoms with Gasteiger partial charge in [-0.3, -0.25) is 9.59 Å². The first-order chi connectivity index (χ1) is 13.8. The maximum atomic E-state index is 13.0. The number of aliphatic hydroxyl groups excluding tert-OH is 1. The number of carbonyl (C=O) groups excluding carboxylic acids is 2. The molecule has 0 aromatic carbocycles. The summed E-state index contributed by atoms with van der Waals surface area (Å²) in [7, 11) is 0. The zero-order valence-electron chi connectivity index (χ0n) is 17.4. The van der Waals surface area contributed by atoms with Crippen LogP contribution in [0.3, 0.4) is 0 Å². The standard InChI is InChI=1S/C20H31N5O3S/c1-13(2)29-20-22-17(19(28)25-8-4-5-16(27)12-25)11-18(23-20)21-15-6-9-24(10-7-15)14(3)26/h11,13,15-16,27H,4-10,12H2,1-3H3,(H,21,22,23). The highest BCUT2D eigenvalue weighted by Crippen LogP contribution is 2.24. The molecule has 0 saturated carbocycles. The molecule has 2 N–H and O–H groups in total. The first kappa shape index (κ1) is 21.8. The van der Waals surface area contributed by atoms with Crippen molar-refractivity contribution in [1.82, 2.24) is 19.8 Å². The van der Waals surface area contributed by atoms with Crippen molar-refractivity contribution in [3.8, 4) is 0 Å². The van der Waals surface area contributed by atoms with Gasteiger partial charge in [0.05, 0.1) is 6.10 Å². The van der Waals surface area contributed by atoms with Crippen LogP contribution in [0.15, 0.2) is 11.2 Å². The smallest absolute Gasteiger partial charge is 0.272 e. The summed E-state index contributed by atoms with van der Waals surface area (Å²) in [6.45, 7) is 8.16. The van der Waals surface area contributed by atoms with Crippen LogP contribution < -0.4 is 5.32 Å². The molecule has 1 aromatic rings. The van der Waals surface area contributed by atoms with Crippen LogP contribution in [0.2, 0.25) is 0 Å². The van der Waals surface area contributed by atoms with Crippen molar-refractivity contribution in [2.75, 3.05) is 31.5 Å². The van der Waals surface area contributed by atoms with Crippen molar-refractivity contribution >= 4 is 29.4 Å². The average molecular weight is 422 g/mol. The minimum absolute atomic E-state index is 0.109. The van der Waals surface area contributed by atoms with E-state index in [0.717, 1.165) is 38.8 Å². The van der Waals surface area contributed by atoms with Crippen LogP contribution in [0.25, 0.3) is 0 Å². The van der Waals surface area contributed by atoms with E-state index >= 15 is 0 Å². The monoisotopic (exact) mass is 421 g/mol. The Bertz CT molecular complexity index is 737. The maximum Gasteiger partial charge on any atom is 0.272 e. The highest BCUT2D eigenvalue weighted by Gasteiger charge is 2.26. The number of hydrogen-bond acceptors (Lipinski definition) is 7. The number of piperidine rings is 2. The first-order valence-corrected chi connectivity index (χ1v) is 11.2. The number of nitrogens with one attached hydrogen (secondary N) is 1. The Labute approximate surface area is 176 Å². The third-order valence-electron chi connectivity index (χ3n) is 5.24. The number of anilines is 1. The van der Waals surface area contributed by atoms with Crippen molar-refractivity contribution < 1.29 is 14.7 Å². The van der Waals surface area contributed by atoms with Gasteiger partial charge in [0.1, 0.15) is 11.5 Å². The second-order valence-electron chi connectivity index (χ2n) is 8.06. The molecule has 0 bridgehead atoms. The van der Waals surface area contributed by atoms with E-state index in [1.165, 1.54) is 11.8 Å². The molecular formula is C20H31N5O3S. The molecule has 1 unspecified atom stereocenters. The average Bonchev–Trinajstić information content (AvgIpc) is 2.67. The Morgan fingerprint density at radius 1 is 1.17 bits per heavy atom. The molecule has 29 heavy (non-hydrogen) atoms. The van der Waals surface area contributed by atoms with Crippen LogP contribution in [0.4, 0.5) is 5.82 Å². The van der Waals surface area contributed by atoms with Crippen molar-refractivity contribution in [2.24, 2.45) is 0 Å². The minimum atomic E-state index is -0.469. The lowest BCUT2D eigenvalue weighted by molar-refractivity contribution is -0.129. The molecule has 3 heterocycles. The number of rotatable bonds is 5. The third kappa shape index (κ3) is 6.05. The van der Waals surface area contributed by atoms with E-state index in [-0.39, 0.29) is 17.9 Å². The number of hydrogen-bond donors (Lipinski definition) is 2. The molecule has 9 heteroatoms. The van der Waals surface area contributed by atoms with Crippen molar-refractivity contribution in [2.45, 2.75) is 69.0 Å². The van der Waals surface area contributed by atoms with Gasteiger partial charge >= 0.3 is 0 Å². The lowest BCUT2D eigenvalue weighted by atomic mass is 10.1. The number of aromatic nitrogens is 2. The van der Waals surface area contributed by atoms with E-state index in [4.69, 9.17) is 0 Å². The largest absolute Gasteiger partial charge is 0.391 e. The van der Waals surface area contributed by atoms with E-state index in [0.29, 0.717) is 35.0 Å². The zero-order chi connectivity index (χ0) is 21.0. The number of likely N-dealkylation sites (tertiary alicyclic amines) is 2. The summed E-state index contributed by atoms with van der Waals surface area (Å²) in [5.74, 6) is 0.592. The quantitative estimate of drug-likeness (QED) is 0.554. The molecule has 0 aliphatic carbocycles. The van der Waals surface area contributed by atoms with Crippen molar-refractivity contribution in [1.29, 1.82) is 0 Å². The van der Waals surface area contributed by atoms with Gasteiger partial charge < -0.3 is 20.2 Å². The van der Waals surface area contributed by atoms with Gasteiger partial charge in [0, 0.05) is 50.5 Å². The van der Waals surface area contributed by atoms with Gasteiger partial charge in [-0.15, -0.1) is 0 Å². The Balaban J connectivity index is 1.75. The lowest BCUT2D eigenvalue weighted by Gasteiger charge is -2.32. The van der Waals surface area contributed by atoms with Crippen LogP contribution in [-0.4, -0.2) is 80.3 Å². The maximum absolute atomic E-state index is 13.0. The third-order valence-corrected chi connectivity index (χ3v) is 6.11. The minimum Gasteiger partial charge on any atom is -0.391 e. The molecule has 2 amide bonds. The fourth-order valence-corrected chi connectivity index (χ4v) is 4.44. The van der Waals surface area contributed by atoms with Crippen LogP contribution in [-0.2, 0) is 4.79 Å². The highest BCUT2D eigenvalue weighted by atomic mass is 32.2. The van der Waals surface area contributed by atoms with Gasteiger partial charge in [-0.2, -0.15) is 0 Å². The molecule has 0 spiro atoms.